The second kappa shape index (κ2) is 6.61. The summed E-state index contributed by atoms with van der Waals surface area (Å²) in [6.45, 7) is 3.53. The van der Waals surface area contributed by atoms with Gasteiger partial charge in [-0.05, 0) is 48.8 Å². The highest BCUT2D eigenvalue weighted by atomic mass is 16.4. The number of nitrogens with one attached hydrogen (secondary N) is 2. The first-order chi connectivity index (χ1) is 9.99. The van der Waals surface area contributed by atoms with Gasteiger partial charge in [-0.25, -0.2) is 9.59 Å². The van der Waals surface area contributed by atoms with Gasteiger partial charge in [0, 0.05) is 5.69 Å². The smallest absolute Gasteiger partial charge is 0.326 e. The highest BCUT2D eigenvalue weighted by Crippen LogP contribution is 2.27. The van der Waals surface area contributed by atoms with E-state index in [-0.39, 0.29) is 5.92 Å². The lowest BCUT2D eigenvalue weighted by atomic mass is 9.90. The van der Waals surface area contributed by atoms with Gasteiger partial charge >= 0.3 is 12.0 Å². The predicted molar refractivity (Wildman–Crippen MR) is 81.5 cm³/mol. The molecule has 3 N–H and O–H groups in total. The summed E-state index contributed by atoms with van der Waals surface area (Å²) in [5, 5.41) is 14.4. The number of rotatable bonds is 4. The minimum absolute atomic E-state index is 0.169. The lowest BCUT2D eigenvalue weighted by Gasteiger charge is -2.22. The summed E-state index contributed by atoms with van der Waals surface area (Å²) in [6, 6.07) is 4.54. The van der Waals surface area contributed by atoms with Gasteiger partial charge in [0.2, 0.25) is 0 Å². The number of hydrogen-bond donors (Lipinski definition) is 3. The van der Waals surface area contributed by atoms with E-state index in [0.29, 0.717) is 0 Å². The molecule has 0 fully saturated rings. The Bertz CT molecular complexity index is 540. The van der Waals surface area contributed by atoms with Crippen LogP contribution in [0.3, 0.4) is 0 Å². The number of carboxylic acid groups (broad SMARTS) is 1. The van der Waals surface area contributed by atoms with Gasteiger partial charge in [0.05, 0.1) is 0 Å². The minimum Gasteiger partial charge on any atom is -0.480 e. The van der Waals surface area contributed by atoms with Crippen LogP contribution in [0.2, 0.25) is 0 Å². The summed E-state index contributed by atoms with van der Waals surface area (Å²) in [6.07, 6.45) is 4.29. The Morgan fingerprint density at radius 1 is 1.19 bits per heavy atom. The van der Waals surface area contributed by atoms with E-state index >= 15 is 0 Å². The van der Waals surface area contributed by atoms with Crippen molar-refractivity contribution in [2.75, 3.05) is 5.32 Å². The van der Waals surface area contributed by atoms with Gasteiger partial charge in [-0.1, -0.05) is 26.0 Å². The molecule has 2 amide bonds. The van der Waals surface area contributed by atoms with Crippen LogP contribution in [0.4, 0.5) is 10.5 Å². The Labute approximate surface area is 124 Å². The van der Waals surface area contributed by atoms with Crippen LogP contribution in [0.1, 0.15) is 37.8 Å². The molecule has 0 unspecified atom stereocenters. The summed E-state index contributed by atoms with van der Waals surface area (Å²) in [7, 11) is 0. The van der Waals surface area contributed by atoms with Gasteiger partial charge in [-0.2, -0.15) is 0 Å². The number of amides is 2. The van der Waals surface area contributed by atoms with Crippen molar-refractivity contribution in [1.82, 2.24) is 5.32 Å². The number of hydrogen-bond acceptors (Lipinski definition) is 2. The van der Waals surface area contributed by atoms with Gasteiger partial charge < -0.3 is 15.7 Å². The molecule has 114 valence electrons. The number of anilines is 1. The van der Waals surface area contributed by atoms with Gasteiger partial charge in [0.15, 0.2) is 0 Å². The van der Waals surface area contributed by atoms with Crippen LogP contribution in [0, 0.1) is 5.92 Å². The quantitative estimate of drug-likeness (QED) is 0.798. The number of aliphatic carboxylic acids is 1. The van der Waals surface area contributed by atoms with Crippen LogP contribution in [-0.2, 0) is 17.6 Å². The number of carboxylic acids is 1. The Kier molecular flexibility index (Phi) is 4.83. The molecule has 1 aromatic carbocycles. The zero-order valence-electron chi connectivity index (χ0n) is 12.5. The third-order valence-electron chi connectivity index (χ3n) is 3.86. The van der Waals surface area contributed by atoms with Crippen molar-refractivity contribution in [3.05, 3.63) is 29.3 Å². The summed E-state index contributed by atoms with van der Waals surface area (Å²) in [5.74, 6) is -1.19. The molecule has 0 heterocycles. The van der Waals surface area contributed by atoms with Crippen LogP contribution in [0.5, 0.6) is 0 Å². The van der Waals surface area contributed by atoms with Gasteiger partial charge in [-0.15, -0.1) is 0 Å². The Morgan fingerprint density at radius 3 is 2.57 bits per heavy atom. The molecule has 5 nitrogen and oxygen atoms in total. The molecule has 1 aliphatic rings. The fourth-order valence-electron chi connectivity index (χ4n) is 2.71. The van der Waals surface area contributed by atoms with Gasteiger partial charge in [0.25, 0.3) is 0 Å². The Morgan fingerprint density at radius 2 is 1.90 bits per heavy atom. The van der Waals surface area contributed by atoms with Crippen molar-refractivity contribution in [3.63, 3.8) is 0 Å². The summed E-state index contributed by atoms with van der Waals surface area (Å²) in [5.41, 5.74) is 3.24. The minimum atomic E-state index is -1.02. The van der Waals surface area contributed by atoms with Crippen LogP contribution in [-0.4, -0.2) is 23.1 Å². The highest BCUT2D eigenvalue weighted by molar-refractivity contribution is 5.93. The number of benzene rings is 1. The lowest BCUT2D eigenvalue weighted by molar-refractivity contribution is -0.140. The van der Waals surface area contributed by atoms with Gasteiger partial charge in [0.1, 0.15) is 6.04 Å². The molecule has 0 aromatic heterocycles. The first-order valence-electron chi connectivity index (χ1n) is 7.40. The van der Waals surface area contributed by atoms with E-state index in [1.807, 2.05) is 12.1 Å². The maximum atomic E-state index is 12.0. The number of fused-ring (bicyclic) bond motifs is 1. The van der Waals surface area contributed by atoms with E-state index in [2.05, 4.69) is 16.7 Å². The van der Waals surface area contributed by atoms with E-state index in [9.17, 15) is 9.59 Å². The average Bonchev–Trinajstić information content (AvgIpc) is 2.44. The zero-order valence-corrected chi connectivity index (χ0v) is 12.5. The molecule has 21 heavy (non-hydrogen) atoms. The first kappa shape index (κ1) is 15.4. The molecule has 1 atom stereocenters. The molecule has 2 rings (SSSR count). The molecular weight excluding hydrogens is 268 g/mol. The van der Waals surface area contributed by atoms with Gasteiger partial charge in [-0.3, -0.25) is 0 Å². The monoisotopic (exact) mass is 290 g/mol. The first-order valence-corrected chi connectivity index (χ1v) is 7.40. The number of urea groups is 1. The van der Waals surface area contributed by atoms with Crippen molar-refractivity contribution in [1.29, 1.82) is 0 Å². The fourth-order valence-corrected chi connectivity index (χ4v) is 2.71. The van der Waals surface area contributed by atoms with E-state index in [1.165, 1.54) is 17.5 Å². The van der Waals surface area contributed by atoms with E-state index in [1.54, 1.807) is 13.8 Å². The molecule has 0 saturated heterocycles. The summed E-state index contributed by atoms with van der Waals surface area (Å²) < 4.78 is 0. The molecule has 0 aliphatic heterocycles. The number of aryl methyl sites for hydroxylation is 1. The molecule has 0 radical (unpaired) electrons. The van der Waals surface area contributed by atoms with Crippen molar-refractivity contribution >= 4 is 17.7 Å². The summed E-state index contributed by atoms with van der Waals surface area (Å²) in [4.78, 5) is 23.2. The highest BCUT2D eigenvalue weighted by Gasteiger charge is 2.24. The maximum Gasteiger partial charge on any atom is 0.326 e. The SMILES string of the molecule is CC(C)[C@H](NC(=O)Nc1cccc2c1CCCC2)C(=O)O. The molecule has 1 aromatic rings. The van der Waals surface area contributed by atoms with E-state index in [0.717, 1.165) is 24.9 Å². The van der Waals surface area contributed by atoms with Crippen LogP contribution in [0.25, 0.3) is 0 Å². The summed E-state index contributed by atoms with van der Waals surface area (Å²) >= 11 is 0. The molecule has 0 saturated carbocycles. The van der Waals surface area contributed by atoms with Crippen molar-refractivity contribution in [3.8, 4) is 0 Å². The molecular formula is C16H22N2O3. The fraction of sp³-hybridized carbons (Fsp3) is 0.500. The largest absolute Gasteiger partial charge is 0.480 e. The second-order valence-electron chi connectivity index (χ2n) is 5.81. The van der Waals surface area contributed by atoms with Crippen LogP contribution < -0.4 is 10.6 Å². The van der Waals surface area contributed by atoms with E-state index < -0.39 is 18.0 Å². The van der Waals surface area contributed by atoms with Crippen molar-refractivity contribution in [2.24, 2.45) is 5.92 Å². The topological polar surface area (TPSA) is 78.4 Å². The average molecular weight is 290 g/mol. The maximum absolute atomic E-state index is 12.0. The van der Waals surface area contributed by atoms with Crippen molar-refractivity contribution in [2.45, 2.75) is 45.6 Å². The number of carbonyl (C=O) groups is 2. The molecule has 1 aliphatic carbocycles. The normalized spacial score (nSPS) is 15.2. The lowest BCUT2D eigenvalue weighted by Crippen LogP contribution is -2.46. The van der Waals surface area contributed by atoms with Crippen LogP contribution in [0.15, 0.2) is 18.2 Å². The molecule has 0 bridgehead atoms. The van der Waals surface area contributed by atoms with Crippen LogP contribution >= 0.6 is 0 Å². The Balaban J connectivity index is 2.08. The second-order valence-corrected chi connectivity index (χ2v) is 5.81. The number of carbonyl (C=O) groups excluding carboxylic acids is 1. The molecule has 5 heteroatoms. The zero-order chi connectivity index (χ0) is 15.4. The standard InChI is InChI=1S/C16H22N2O3/c1-10(2)14(15(19)20)18-16(21)17-13-9-5-7-11-6-3-4-8-12(11)13/h5,7,9-10,14H,3-4,6,8H2,1-2H3,(H,19,20)(H2,17,18,21)/t14-/m0/s1. The van der Waals surface area contributed by atoms with Crippen molar-refractivity contribution < 1.29 is 14.7 Å². The predicted octanol–water partition coefficient (Wildman–Crippen LogP) is 2.80. The van der Waals surface area contributed by atoms with E-state index in [4.69, 9.17) is 5.11 Å². The third-order valence-corrected chi connectivity index (χ3v) is 3.86. The molecule has 0 spiro atoms. The Hall–Kier alpha value is -2.04. The third kappa shape index (κ3) is 3.74.